The van der Waals surface area contributed by atoms with E-state index in [0.29, 0.717) is 30.9 Å². The zero-order valence-electron chi connectivity index (χ0n) is 19.4. The molecule has 2 aromatic rings. The van der Waals surface area contributed by atoms with E-state index >= 15 is 0 Å². The molecule has 0 amide bonds. The SMILES string of the molecule is C=C(F)C(=O)OCCCCOC(=O)c1cc(C(=O)Oc2ccc(C)cc2)ccc1OCCCC. The smallest absolute Gasteiger partial charge is 0.366 e. The van der Waals surface area contributed by atoms with Crippen LogP contribution in [0.2, 0.25) is 0 Å². The lowest BCUT2D eigenvalue weighted by Crippen LogP contribution is -2.14. The van der Waals surface area contributed by atoms with Gasteiger partial charge in [-0.15, -0.1) is 0 Å². The average Bonchev–Trinajstić information content (AvgIpc) is 2.82. The van der Waals surface area contributed by atoms with Gasteiger partial charge in [0.15, 0.2) is 0 Å². The average molecular weight is 473 g/mol. The van der Waals surface area contributed by atoms with Gasteiger partial charge in [0.25, 0.3) is 0 Å². The molecule has 0 radical (unpaired) electrons. The Balaban J connectivity index is 2.02. The van der Waals surface area contributed by atoms with Crippen LogP contribution in [0.5, 0.6) is 11.5 Å². The number of carbonyl (C=O) groups is 3. The highest BCUT2D eigenvalue weighted by Crippen LogP contribution is 2.23. The lowest BCUT2D eigenvalue weighted by molar-refractivity contribution is -0.140. The molecule has 0 atom stereocenters. The van der Waals surface area contributed by atoms with Gasteiger partial charge < -0.3 is 18.9 Å². The molecule has 0 saturated carbocycles. The first-order chi connectivity index (χ1) is 16.3. The molecule has 0 aromatic heterocycles. The normalized spacial score (nSPS) is 10.3. The second-order valence-electron chi connectivity index (χ2n) is 7.50. The standard InChI is InChI=1S/C26H29FO7/c1-4-5-14-31-23-13-10-20(25(29)34-21-11-8-18(2)9-12-21)17-22(23)26(30)33-16-7-6-15-32-24(28)19(3)27/h8-13,17H,3-7,14-16H2,1-2H3. The number of rotatable bonds is 13. The molecule has 0 fully saturated rings. The fourth-order valence-electron chi connectivity index (χ4n) is 2.73. The zero-order chi connectivity index (χ0) is 24.9. The van der Waals surface area contributed by atoms with Gasteiger partial charge in [-0.3, -0.25) is 0 Å². The van der Waals surface area contributed by atoms with Crippen molar-refractivity contribution in [2.75, 3.05) is 19.8 Å². The molecule has 0 aliphatic rings. The molecule has 0 bridgehead atoms. The van der Waals surface area contributed by atoms with E-state index in [-0.39, 0.29) is 24.3 Å². The first kappa shape index (κ1) is 26.6. The third-order valence-corrected chi connectivity index (χ3v) is 4.65. The van der Waals surface area contributed by atoms with Gasteiger partial charge >= 0.3 is 17.9 Å². The van der Waals surface area contributed by atoms with Crippen molar-refractivity contribution in [3.05, 3.63) is 71.6 Å². The van der Waals surface area contributed by atoms with Crippen molar-refractivity contribution in [1.82, 2.24) is 0 Å². The number of carbonyl (C=O) groups excluding carboxylic acids is 3. The number of esters is 3. The predicted octanol–water partition coefficient (Wildman–Crippen LogP) is 5.36. The Morgan fingerprint density at radius 3 is 2.21 bits per heavy atom. The van der Waals surface area contributed by atoms with E-state index in [0.717, 1.165) is 18.4 Å². The minimum absolute atomic E-state index is 0.0228. The molecular weight excluding hydrogens is 443 g/mol. The van der Waals surface area contributed by atoms with Gasteiger partial charge in [0, 0.05) is 0 Å². The van der Waals surface area contributed by atoms with Crippen molar-refractivity contribution in [2.24, 2.45) is 0 Å². The van der Waals surface area contributed by atoms with Crippen molar-refractivity contribution in [3.63, 3.8) is 0 Å². The topological polar surface area (TPSA) is 88.1 Å². The molecule has 2 rings (SSSR count). The zero-order valence-corrected chi connectivity index (χ0v) is 19.4. The number of unbranched alkanes of at least 4 members (excludes halogenated alkanes) is 2. The summed E-state index contributed by atoms with van der Waals surface area (Å²) in [4.78, 5) is 36.3. The molecule has 0 unspecified atom stereocenters. The van der Waals surface area contributed by atoms with E-state index in [4.69, 9.17) is 14.2 Å². The maximum atomic E-state index is 12.7. The van der Waals surface area contributed by atoms with E-state index in [1.54, 1.807) is 18.2 Å². The number of benzene rings is 2. The first-order valence-corrected chi connectivity index (χ1v) is 11.1. The molecule has 0 aliphatic carbocycles. The van der Waals surface area contributed by atoms with Crippen molar-refractivity contribution < 1.29 is 37.7 Å². The molecule has 34 heavy (non-hydrogen) atoms. The van der Waals surface area contributed by atoms with Gasteiger partial charge in [-0.05, 0) is 56.5 Å². The number of aryl methyl sites for hydroxylation is 1. The van der Waals surface area contributed by atoms with E-state index in [1.807, 2.05) is 26.0 Å². The van der Waals surface area contributed by atoms with Crippen LogP contribution in [0.4, 0.5) is 4.39 Å². The Morgan fingerprint density at radius 2 is 1.56 bits per heavy atom. The summed E-state index contributed by atoms with van der Waals surface area (Å²) >= 11 is 0. The quantitative estimate of drug-likeness (QED) is 0.168. The van der Waals surface area contributed by atoms with Crippen LogP contribution >= 0.6 is 0 Å². The highest BCUT2D eigenvalue weighted by atomic mass is 19.1. The van der Waals surface area contributed by atoms with E-state index in [1.165, 1.54) is 12.1 Å². The Bertz CT molecular complexity index is 999. The summed E-state index contributed by atoms with van der Waals surface area (Å²) in [6.07, 6.45) is 2.48. The van der Waals surface area contributed by atoms with Crippen LogP contribution in [-0.2, 0) is 14.3 Å². The van der Waals surface area contributed by atoms with Crippen LogP contribution in [0.15, 0.2) is 54.9 Å². The van der Waals surface area contributed by atoms with Crippen LogP contribution < -0.4 is 9.47 Å². The van der Waals surface area contributed by atoms with Crippen LogP contribution in [0.3, 0.4) is 0 Å². The van der Waals surface area contributed by atoms with Crippen molar-refractivity contribution in [3.8, 4) is 11.5 Å². The van der Waals surface area contributed by atoms with Gasteiger partial charge in [-0.2, -0.15) is 4.39 Å². The van der Waals surface area contributed by atoms with Crippen LogP contribution in [0.1, 0.15) is 58.9 Å². The van der Waals surface area contributed by atoms with E-state index < -0.39 is 23.7 Å². The molecule has 8 heteroatoms. The summed E-state index contributed by atoms with van der Waals surface area (Å²) in [7, 11) is 0. The Kier molecular flexibility index (Phi) is 10.8. The minimum Gasteiger partial charge on any atom is -0.493 e. The third-order valence-electron chi connectivity index (χ3n) is 4.65. The van der Waals surface area contributed by atoms with Crippen molar-refractivity contribution in [1.29, 1.82) is 0 Å². The molecule has 0 heterocycles. The number of halogens is 1. The third kappa shape index (κ3) is 8.69. The summed E-state index contributed by atoms with van der Waals surface area (Å²) in [5, 5.41) is 0. The Hall–Kier alpha value is -3.68. The minimum atomic E-state index is -1.16. The number of hydrogen-bond acceptors (Lipinski definition) is 7. The molecule has 7 nitrogen and oxygen atoms in total. The molecule has 0 saturated heterocycles. The summed E-state index contributed by atoms with van der Waals surface area (Å²) < 4.78 is 33.6. The van der Waals surface area contributed by atoms with E-state index in [9.17, 15) is 18.8 Å². The molecular formula is C26H29FO7. The van der Waals surface area contributed by atoms with Crippen molar-refractivity contribution in [2.45, 2.75) is 39.5 Å². The lowest BCUT2D eigenvalue weighted by atomic mass is 10.1. The summed E-state index contributed by atoms with van der Waals surface area (Å²) in [6.45, 7) is 7.23. The summed E-state index contributed by atoms with van der Waals surface area (Å²) in [6, 6.07) is 11.5. The summed E-state index contributed by atoms with van der Waals surface area (Å²) in [5.41, 5.74) is 1.31. The second kappa shape index (κ2) is 13.8. The Labute approximate surface area is 198 Å². The summed E-state index contributed by atoms with van der Waals surface area (Å²) in [5.74, 6) is -2.86. The monoisotopic (exact) mass is 472 g/mol. The predicted molar refractivity (Wildman–Crippen MR) is 124 cm³/mol. The number of ether oxygens (including phenoxy) is 4. The van der Waals surface area contributed by atoms with Gasteiger partial charge in [0.2, 0.25) is 5.83 Å². The maximum absolute atomic E-state index is 12.7. The maximum Gasteiger partial charge on any atom is 0.366 e. The van der Waals surface area contributed by atoms with Crippen molar-refractivity contribution >= 4 is 17.9 Å². The van der Waals surface area contributed by atoms with Crippen LogP contribution in [0, 0.1) is 6.92 Å². The molecule has 182 valence electrons. The van der Waals surface area contributed by atoms with Gasteiger partial charge in [-0.25, -0.2) is 14.4 Å². The van der Waals surface area contributed by atoms with Gasteiger partial charge in [0.05, 0.1) is 25.4 Å². The molecule has 2 aromatic carbocycles. The van der Waals surface area contributed by atoms with Crippen LogP contribution in [-0.4, -0.2) is 37.7 Å². The van der Waals surface area contributed by atoms with E-state index in [2.05, 4.69) is 11.3 Å². The first-order valence-electron chi connectivity index (χ1n) is 11.1. The highest BCUT2D eigenvalue weighted by molar-refractivity contribution is 5.98. The number of hydrogen-bond donors (Lipinski definition) is 0. The lowest BCUT2D eigenvalue weighted by Gasteiger charge is -2.13. The Morgan fingerprint density at radius 1 is 0.882 bits per heavy atom. The van der Waals surface area contributed by atoms with Crippen LogP contribution in [0.25, 0.3) is 0 Å². The largest absolute Gasteiger partial charge is 0.493 e. The molecule has 0 N–H and O–H groups in total. The molecule has 0 spiro atoms. The fourth-order valence-corrected chi connectivity index (χ4v) is 2.73. The van der Waals surface area contributed by atoms with Gasteiger partial charge in [0.1, 0.15) is 17.1 Å². The molecule has 0 aliphatic heterocycles. The second-order valence-corrected chi connectivity index (χ2v) is 7.50. The fraction of sp³-hybridized carbons (Fsp3) is 0.346. The highest BCUT2D eigenvalue weighted by Gasteiger charge is 2.19. The van der Waals surface area contributed by atoms with Gasteiger partial charge in [-0.1, -0.05) is 37.6 Å².